The third-order valence-corrected chi connectivity index (χ3v) is 8.45. The van der Waals surface area contributed by atoms with Crippen LogP contribution in [-0.4, -0.2) is 55.6 Å². The summed E-state index contributed by atoms with van der Waals surface area (Å²) in [6.45, 7) is 1.24. The smallest absolute Gasteiger partial charge is 0.243 e. The number of amides is 2. The first-order chi connectivity index (χ1) is 16.3. The van der Waals surface area contributed by atoms with Crippen LogP contribution in [0.1, 0.15) is 25.7 Å². The molecule has 2 aromatic rings. The summed E-state index contributed by atoms with van der Waals surface area (Å²) in [6, 6.07) is 11.8. The Hall–Kier alpha value is -2.85. The number of piperidine rings is 2. The number of likely N-dealkylation sites (tertiary alicyclic amines) is 1. The summed E-state index contributed by atoms with van der Waals surface area (Å²) in [5.41, 5.74) is 0.746. The van der Waals surface area contributed by atoms with Crippen LogP contribution in [0.3, 0.4) is 0 Å². The summed E-state index contributed by atoms with van der Waals surface area (Å²) >= 11 is 0. The maximum absolute atomic E-state index is 13.5. The van der Waals surface area contributed by atoms with Gasteiger partial charge in [0.2, 0.25) is 21.8 Å². The molecule has 0 bridgehead atoms. The Morgan fingerprint density at radius 3 is 2.06 bits per heavy atom. The van der Waals surface area contributed by atoms with Crippen molar-refractivity contribution in [3.05, 3.63) is 60.2 Å². The number of nitrogens with zero attached hydrogens (tertiary/aromatic N) is 2. The second kappa shape index (κ2) is 10.2. The average Bonchev–Trinajstić information content (AvgIpc) is 2.86. The van der Waals surface area contributed by atoms with E-state index >= 15 is 0 Å². The standard InChI is InChI=1S/C24H27F2N3O4S/c25-21-7-6-20(16-22(21)26)34(32,33)29-14-10-18(11-15-29)24(31)28-12-8-17(9-13-28)23(30)27-19-4-2-1-3-5-19/h1-7,16-18H,8-15H2,(H,27,30). The number of para-hydroxylation sites is 1. The van der Waals surface area contributed by atoms with Crippen LogP contribution in [-0.2, 0) is 19.6 Å². The molecule has 10 heteroatoms. The van der Waals surface area contributed by atoms with Gasteiger partial charge >= 0.3 is 0 Å². The Kier molecular flexibility index (Phi) is 7.27. The van der Waals surface area contributed by atoms with E-state index < -0.39 is 21.7 Å². The van der Waals surface area contributed by atoms with E-state index in [9.17, 15) is 26.8 Å². The molecule has 2 heterocycles. The third-order valence-electron chi connectivity index (χ3n) is 6.55. The molecule has 0 aliphatic carbocycles. The van der Waals surface area contributed by atoms with E-state index in [2.05, 4.69) is 5.32 Å². The van der Waals surface area contributed by atoms with Gasteiger partial charge in [-0.3, -0.25) is 9.59 Å². The minimum absolute atomic E-state index is 0.0215. The number of nitrogens with one attached hydrogen (secondary N) is 1. The summed E-state index contributed by atoms with van der Waals surface area (Å²) in [5, 5.41) is 2.91. The zero-order chi connectivity index (χ0) is 24.3. The number of anilines is 1. The molecule has 4 rings (SSSR count). The molecule has 2 aliphatic rings. The molecule has 7 nitrogen and oxygen atoms in total. The number of hydrogen-bond donors (Lipinski definition) is 1. The summed E-state index contributed by atoms with van der Waals surface area (Å²) in [7, 11) is -3.96. The Morgan fingerprint density at radius 2 is 1.44 bits per heavy atom. The van der Waals surface area contributed by atoms with Crippen LogP contribution in [0.2, 0.25) is 0 Å². The summed E-state index contributed by atoms with van der Waals surface area (Å²) in [4.78, 5) is 27.0. The summed E-state index contributed by atoms with van der Waals surface area (Å²) < 4.78 is 53.4. The van der Waals surface area contributed by atoms with Crippen LogP contribution in [0.15, 0.2) is 53.4 Å². The molecule has 1 N–H and O–H groups in total. The number of benzene rings is 2. The van der Waals surface area contributed by atoms with Crippen LogP contribution in [0, 0.1) is 23.5 Å². The van der Waals surface area contributed by atoms with Crippen molar-refractivity contribution in [1.82, 2.24) is 9.21 Å². The van der Waals surface area contributed by atoms with E-state index in [4.69, 9.17) is 0 Å². The number of rotatable bonds is 5. The zero-order valence-electron chi connectivity index (χ0n) is 18.6. The molecule has 2 aromatic carbocycles. The van der Waals surface area contributed by atoms with Gasteiger partial charge in [0.1, 0.15) is 0 Å². The monoisotopic (exact) mass is 491 g/mol. The van der Waals surface area contributed by atoms with E-state index in [-0.39, 0.29) is 41.6 Å². The van der Waals surface area contributed by atoms with Crippen molar-refractivity contribution in [3.63, 3.8) is 0 Å². The first-order valence-corrected chi connectivity index (χ1v) is 12.8. The van der Waals surface area contributed by atoms with Gasteiger partial charge in [-0.05, 0) is 56.0 Å². The minimum atomic E-state index is -3.96. The van der Waals surface area contributed by atoms with Gasteiger partial charge in [-0.15, -0.1) is 0 Å². The van der Waals surface area contributed by atoms with Gasteiger partial charge in [0.15, 0.2) is 11.6 Å². The second-order valence-electron chi connectivity index (χ2n) is 8.71. The topological polar surface area (TPSA) is 86.8 Å². The average molecular weight is 492 g/mol. The molecule has 0 unspecified atom stereocenters. The predicted octanol–water partition coefficient (Wildman–Crippen LogP) is 3.24. The van der Waals surface area contributed by atoms with Crippen LogP contribution < -0.4 is 5.32 Å². The summed E-state index contributed by atoms with van der Waals surface area (Å²) in [5.74, 6) is -2.85. The Labute approximate surface area is 197 Å². The molecule has 0 radical (unpaired) electrons. The molecule has 0 saturated carbocycles. The maximum atomic E-state index is 13.5. The second-order valence-corrected chi connectivity index (χ2v) is 10.6. The Bertz CT molecular complexity index is 1140. The van der Waals surface area contributed by atoms with Crippen LogP contribution >= 0.6 is 0 Å². The fraction of sp³-hybridized carbons (Fsp3) is 0.417. The van der Waals surface area contributed by atoms with Gasteiger partial charge in [-0.2, -0.15) is 4.31 Å². The molecule has 182 valence electrons. The molecule has 0 aromatic heterocycles. The van der Waals surface area contributed by atoms with Crippen LogP contribution in [0.5, 0.6) is 0 Å². The highest BCUT2D eigenvalue weighted by Gasteiger charge is 2.36. The molecule has 0 spiro atoms. The van der Waals surface area contributed by atoms with Gasteiger partial charge in [-0.25, -0.2) is 17.2 Å². The lowest BCUT2D eigenvalue weighted by molar-refractivity contribution is -0.139. The van der Waals surface area contributed by atoms with Gasteiger partial charge in [0.25, 0.3) is 0 Å². The number of hydrogen-bond acceptors (Lipinski definition) is 4. The molecule has 0 atom stereocenters. The number of carbonyl (C=O) groups is 2. The van der Waals surface area contributed by atoms with Crippen LogP contribution in [0.25, 0.3) is 0 Å². The van der Waals surface area contributed by atoms with Gasteiger partial charge in [-0.1, -0.05) is 18.2 Å². The number of carbonyl (C=O) groups excluding carboxylic acids is 2. The maximum Gasteiger partial charge on any atom is 0.243 e. The molecular formula is C24H27F2N3O4S. The number of sulfonamides is 1. The quantitative estimate of drug-likeness (QED) is 0.696. The van der Waals surface area contributed by atoms with E-state index in [0.29, 0.717) is 44.8 Å². The van der Waals surface area contributed by atoms with E-state index in [1.54, 1.807) is 4.90 Å². The van der Waals surface area contributed by atoms with E-state index in [1.165, 1.54) is 4.31 Å². The van der Waals surface area contributed by atoms with E-state index in [0.717, 1.165) is 17.8 Å². The fourth-order valence-electron chi connectivity index (χ4n) is 4.52. The molecule has 2 aliphatic heterocycles. The molecule has 2 fully saturated rings. The van der Waals surface area contributed by atoms with Crippen LogP contribution in [0.4, 0.5) is 14.5 Å². The Balaban J connectivity index is 1.28. The fourth-order valence-corrected chi connectivity index (χ4v) is 6.00. The lowest BCUT2D eigenvalue weighted by atomic mass is 9.92. The van der Waals surface area contributed by atoms with Crippen molar-refractivity contribution in [2.45, 2.75) is 30.6 Å². The highest BCUT2D eigenvalue weighted by atomic mass is 32.2. The van der Waals surface area contributed by atoms with Gasteiger partial charge < -0.3 is 10.2 Å². The highest BCUT2D eigenvalue weighted by molar-refractivity contribution is 7.89. The number of halogens is 2. The molecule has 34 heavy (non-hydrogen) atoms. The van der Waals surface area contributed by atoms with Crippen molar-refractivity contribution in [2.24, 2.45) is 11.8 Å². The lowest BCUT2D eigenvalue weighted by Crippen LogP contribution is -2.47. The largest absolute Gasteiger partial charge is 0.342 e. The van der Waals surface area contributed by atoms with E-state index in [1.807, 2.05) is 30.3 Å². The van der Waals surface area contributed by atoms with Crippen molar-refractivity contribution >= 4 is 27.5 Å². The first kappa shape index (κ1) is 24.3. The summed E-state index contributed by atoms with van der Waals surface area (Å²) in [6.07, 6.45) is 1.87. The van der Waals surface area contributed by atoms with Crippen molar-refractivity contribution in [3.8, 4) is 0 Å². The van der Waals surface area contributed by atoms with Crippen molar-refractivity contribution in [1.29, 1.82) is 0 Å². The first-order valence-electron chi connectivity index (χ1n) is 11.4. The molecular weight excluding hydrogens is 464 g/mol. The normalized spacial score (nSPS) is 18.6. The zero-order valence-corrected chi connectivity index (χ0v) is 19.4. The predicted molar refractivity (Wildman–Crippen MR) is 122 cm³/mol. The lowest BCUT2D eigenvalue weighted by Gasteiger charge is -2.36. The minimum Gasteiger partial charge on any atom is -0.342 e. The third kappa shape index (κ3) is 5.28. The van der Waals surface area contributed by atoms with Gasteiger partial charge in [0, 0.05) is 43.7 Å². The van der Waals surface area contributed by atoms with Crippen molar-refractivity contribution in [2.75, 3.05) is 31.5 Å². The highest BCUT2D eigenvalue weighted by Crippen LogP contribution is 2.28. The Morgan fingerprint density at radius 1 is 0.824 bits per heavy atom. The molecule has 2 saturated heterocycles. The SMILES string of the molecule is O=C(Nc1ccccc1)C1CCN(C(=O)C2CCN(S(=O)(=O)c3ccc(F)c(F)c3)CC2)CC1. The van der Waals surface area contributed by atoms with Gasteiger partial charge in [0.05, 0.1) is 4.90 Å². The molecule has 2 amide bonds. The van der Waals surface area contributed by atoms with Crippen molar-refractivity contribution < 1.29 is 26.8 Å².